The topological polar surface area (TPSA) is 39.8 Å². The van der Waals surface area contributed by atoms with Gasteiger partial charge in [0.15, 0.2) is 0 Å². The van der Waals surface area contributed by atoms with E-state index in [9.17, 15) is 13.6 Å². The lowest BCUT2D eigenvalue weighted by Crippen LogP contribution is -2.15. The molecule has 0 bridgehead atoms. The monoisotopic (exact) mass is 315 g/mol. The number of rotatable bonds is 3. The summed E-state index contributed by atoms with van der Waals surface area (Å²) >= 11 is 0. The van der Waals surface area contributed by atoms with E-state index in [1.165, 1.54) is 15.3 Å². The van der Waals surface area contributed by atoms with Crippen molar-refractivity contribution in [1.29, 1.82) is 0 Å². The van der Waals surface area contributed by atoms with Crippen LogP contribution in [0.5, 0.6) is 0 Å². The Kier molecular flexibility index (Phi) is 3.82. The molecular formula is C17H15F2N3O. The third kappa shape index (κ3) is 2.79. The largest absolute Gasteiger partial charge is 0.318 e. The van der Waals surface area contributed by atoms with Gasteiger partial charge in [0, 0.05) is 43.7 Å². The lowest BCUT2D eigenvalue weighted by molar-refractivity contribution is 0.146. The van der Waals surface area contributed by atoms with Crippen molar-refractivity contribution in [3.05, 3.63) is 64.8 Å². The van der Waals surface area contributed by atoms with E-state index in [1.807, 2.05) is 30.3 Å². The molecule has 4 nitrogen and oxygen atoms in total. The number of halogens is 2. The number of pyridine rings is 1. The summed E-state index contributed by atoms with van der Waals surface area (Å²) in [5.41, 5.74) is 1.81. The van der Waals surface area contributed by atoms with E-state index in [-0.39, 0.29) is 11.3 Å². The average Bonchev–Trinajstić information content (AvgIpc) is 2.92. The summed E-state index contributed by atoms with van der Waals surface area (Å²) in [6, 6.07) is 10.7. The molecule has 2 aromatic heterocycles. The van der Waals surface area contributed by atoms with Crippen LogP contribution in [0.4, 0.5) is 8.78 Å². The Morgan fingerprint density at radius 1 is 1.00 bits per heavy atom. The van der Waals surface area contributed by atoms with Crippen molar-refractivity contribution in [2.45, 2.75) is 6.43 Å². The highest BCUT2D eigenvalue weighted by atomic mass is 19.3. The second-order valence-electron chi connectivity index (χ2n) is 5.32. The minimum absolute atomic E-state index is 0.199. The maximum atomic E-state index is 13.3. The molecule has 0 saturated heterocycles. The lowest BCUT2D eigenvalue weighted by Gasteiger charge is -2.11. The van der Waals surface area contributed by atoms with Crippen LogP contribution >= 0.6 is 0 Å². The van der Waals surface area contributed by atoms with Gasteiger partial charge in [-0.2, -0.15) is 5.10 Å². The number of hydrogen-bond donors (Lipinski definition) is 0. The first kappa shape index (κ1) is 15.1. The van der Waals surface area contributed by atoms with Crippen LogP contribution in [-0.2, 0) is 14.1 Å². The number of hydrogen-bond acceptors (Lipinski definition) is 2. The highest BCUT2D eigenvalue weighted by Gasteiger charge is 2.21. The van der Waals surface area contributed by atoms with E-state index in [4.69, 9.17) is 0 Å². The van der Waals surface area contributed by atoms with E-state index >= 15 is 0 Å². The summed E-state index contributed by atoms with van der Waals surface area (Å²) in [6.07, 6.45) is 0.438. The predicted octanol–water partition coefficient (Wildman–Crippen LogP) is 3.39. The Labute approximate surface area is 131 Å². The molecule has 0 aliphatic heterocycles. The van der Waals surface area contributed by atoms with Crippen LogP contribution in [0.25, 0.3) is 22.3 Å². The van der Waals surface area contributed by atoms with E-state index in [0.717, 1.165) is 5.56 Å². The fourth-order valence-electron chi connectivity index (χ4n) is 2.58. The van der Waals surface area contributed by atoms with Crippen molar-refractivity contribution in [2.75, 3.05) is 0 Å². The molecule has 0 atom stereocenters. The van der Waals surface area contributed by atoms with Crippen molar-refractivity contribution >= 4 is 0 Å². The van der Waals surface area contributed by atoms with Gasteiger partial charge in [-0.3, -0.25) is 9.48 Å². The fourth-order valence-corrected chi connectivity index (χ4v) is 2.58. The van der Waals surface area contributed by atoms with Crippen LogP contribution in [-0.4, -0.2) is 14.3 Å². The third-order valence-corrected chi connectivity index (χ3v) is 3.67. The van der Waals surface area contributed by atoms with Gasteiger partial charge in [0.25, 0.3) is 12.0 Å². The molecule has 0 radical (unpaired) electrons. The molecule has 3 rings (SSSR count). The molecule has 1 aromatic carbocycles. The molecule has 3 aromatic rings. The summed E-state index contributed by atoms with van der Waals surface area (Å²) in [6.45, 7) is 0. The van der Waals surface area contributed by atoms with Gasteiger partial charge in [0.05, 0.1) is 0 Å². The van der Waals surface area contributed by atoms with Crippen LogP contribution in [0, 0.1) is 0 Å². The van der Waals surface area contributed by atoms with Gasteiger partial charge >= 0.3 is 0 Å². The Hall–Kier alpha value is -2.76. The average molecular weight is 315 g/mol. The zero-order valence-corrected chi connectivity index (χ0v) is 12.7. The van der Waals surface area contributed by atoms with Crippen LogP contribution in [0.15, 0.2) is 53.6 Å². The van der Waals surface area contributed by atoms with Crippen LogP contribution in [0.3, 0.4) is 0 Å². The Bertz CT molecular complexity index is 898. The van der Waals surface area contributed by atoms with Crippen molar-refractivity contribution < 1.29 is 8.78 Å². The zero-order chi connectivity index (χ0) is 16.6. The summed E-state index contributed by atoms with van der Waals surface area (Å²) < 4.78 is 29.3. The predicted molar refractivity (Wildman–Crippen MR) is 84.3 cm³/mol. The number of aryl methyl sites for hydroxylation is 2. The van der Waals surface area contributed by atoms with E-state index in [1.54, 1.807) is 26.5 Å². The summed E-state index contributed by atoms with van der Waals surface area (Å²) in [5, 5.41) is 3.85. The Morgan fingerprint density at radius 3 is 2.35 bits per heavy atom. The minimum atomic E-state index is -2.69. The number of aromatic nitrogens is 3. The zero-order valence-electron chi connectivity index (χ0n) is 12.7. The molecule has 0 N–H and O–H groups in total. The van der Waals surface area contributed by atoms with Gasteiger partial charge in [-0.15, -0.1) is 0 Å². The van der Waals surface area contributed by atoms with Crippen molar-refractivity contribution in [1.82, 2.24) is 14.3 Å². The molecule has 0 aliphatic carbocycles. The first-order valence-corrected chi connectivity index (χ1v) is 7.05. The maximum Gasteiger partial charge on any atom is 0.282 e. The third-order valence-electron chi connectivity index (χ3n) is 3.67. The number of benzene rings is 1. The second kappa shape index (κ2) is 5.79. The molecule has 0 saturated carbocycles. The molecule has 0 amide bonds. The molecule has 0 unspecified atom stereocenters. The molecule has 118 valence electrons. The van der Waals surface area contributed by atoms with Gasteiger partial charge in [0.1, 0.15) is 5.69 Å². The second-order valence-corrected chi connectivity index (χ2v) is 5.32. The van der Waals surface area contributed by atoms with Crippen LogP contribution < -0.4 is 5.56 Å². The summed E-state index contributed by atoms with van der Waals surface area (Å²) in [7, 11) is 3.19. The fraction of sp³-hybridized carbons (Fsp3) is 0.176. The first-order chi connectivity index (χ1) is 11.0. The highest BCUT2D eigenvalue weighted by Crippen LogP contribution is 2.35. The van der Waals surface area contributed by atoms with Gasteiger partial charge < -0.3 is 4.57 Å². The van der Waals surface area contributed by atoms with E-state index in [2.05, 4.69) is 5.10 Å². The van der Waals surface area contributed by atoms with Gasteiger partial charge in [-0.05, 0) is 11.1 Å². The van der Waals surface area contributed by atoms with Crippen molar-refractivity contribution in [3.63, 3.8) is 0 Å². The van der Waals surface area contributed by atoms with Crippen LogP contribution in [0.1, 0.15) is 12.1 Å². The summed E-state index contributed by atoms with van der Waals surface area (Å²) in [5.74, 6) is 0. The molecule has 23 heavy (non-hydrogen) atoms. The molecule has 0 aliphatic rings. The molecule has 0 spiro atoms. The van der Waals surface area contributed by atoms with E-state index in [0.29, 0.717) is 16.7 Å². The smallest absolute Gasteiger partial charge is 0.282 e. The van der Waals surface area contributed by atoms with Gasteiger partial charge in [0.2, 0.25) is 0 Å². The Balaban J connectivity index is 2.32. The van der Waals surface area contributed by atoms with Gasteiger partial charge in [-0.25, -0.2) is 8.78 Å². The quantitative estimate of drug-likeness (QED) is 0.743. The first-order valence-electron chi connectivity index (χ1n) is 7.05. The molecule has 0 fully saturated rings. The van der Waals surface area contributed by atoms with Crippen molar-refractivity contribution in [2.24, 2.45) is 14.1 Å². The standard InChI is InChI=1S/C17H15F2N3O/c1-21-9-13(14-10-22(2)20-16(14)17(18)19)12(8-15(21)23)11-6-4-3-5-7-11/h3-10,17H,1-2H3. The molecule has 2 heterocycles. The Morgan fingerprint density at radius 2 is 1.70 bits per heavy atom. The normalized spacial score (nSPS) is 11.2. The maximum absolute atomic E-state index is 13.3. The molecular weight excluding hydrogens is 300 g/mol. The SMILES string of the molecule is Cn1cc(-c2cn(C)c(=O)cc2-c2ccccc2)c(C(F)F)n1. The molecule has 6 heteroatoms. The van der Waals surface area contributed by atoms with Gasteiger partial charge in [-0.1, -0.05) is 30.3 Å². The number of alkyl halides is 2. The van der Waals surface area contributed by atoms with Crippen molar-refractivity contribution in [3.8, 4) is 22.3 Å². The van der Waals surface area contributed by atoms with Crippen LogP contribution in [0.2, 0.25) is 0 Å². The minimum Gasteiger partial charge on any atom is -0.318 e. The van der Waals surface area contributed by atoms with E-state index < -0.39 is 6.43 Å². The highest BCUT2D eigenvalue weighted by molar-refractivity contribution is 5.83. The summed E-state index contributed by atoms with van der Waals surface area (Å²) in [4.78, 5) is 12.0. The number of nitrogens with zero attached hydrogens (tertiary/aromatic N) is 3. The lowest BCUT2D eigenvalue weighted by atomic mass is 9.96.